The predicted molar refractivity (Wildman–Crippen MR) is 91.3 cm³/mol. The van der Waals surface area contributed by atoms with Gasteiger partial charge in [-0.05, 0) is 49.6 Å². The van der Waals surface area contributed by atoms with E-state index in [1.807, 2.05) is 24.4 Å². The van der Waals surface area contributed by atoms with E-state index in [9.17, 15) is 4.79 Å². The summed E-state index contributed by atoms with van der Waals surface area (Å²) in [6, 6.07) is 10.8. The van der Waals surface area contributed by atoms with Crippen LogP contribution in [0.15, 0.2) is 46.2 Å². The Bertz CT molecular complexity index is 806. The molecule has 0 N–H and O–H groups in total. The lowest BCUT2D eigenvalue weighted by atomic mass is 10.2. The van der Waals surface area contributed by atoms with Crippen molar-refractivity contribution in [1.82, 2.24) is 4.98 Å². The molecule has 24 heavy (non-hydrogen) atoms. The van der Waals surface area contributed by atoms with Crippen LogP contribution in [0.4, 0.5) is 0 Å². The number of carbonyl (C=O) groups excluding carboxylic acids is 1. The van der Waals surface area contributed by atoms with Gasteiger partial charge in [0.1, 0.15) is 23.8 Å². The van der Waals surface area contributed by atoms with Crippen LogP contribution in [0, 0.1) is 6.92 Å². The molecule has 0 saturated heterocycles. The number of hydrogen-bond donors (Lipinski definition) is 0. The Labute approximate surface area is 143 Å². The van der Waals surface area contributed by atoms with Gasteiger partial charge in [-0.3, -0.25) is 0 Å². The molecule has 0 bridgehead atoms. The highest BCUT2D eigenvalue weighted by molar-refractivity contribution is 7.13. The van der Waals surface area contributed by atoms with Crippen molar-refractivity contribution in [1.29, 1.82) is 0 Å². The second kappa shape index (κ2) is 7.31. The lowest BCUT2D eigenvalue weighted by Crippen LogP contribution is -2.04. The number of ether oxygens (including phenoxy) is 2. The van der Waals surface area contributed by atoms with Gasteiger partial charge in [-0.15, -0.1) is 11.3 Å². The Morgan fingerprint density at radius 2 is 2.04 bits per heavy atom. The number of esters is 1. The maximum atomic E-state index is 11.6. The van der Waals surface area contributed by atoms with E-state index in [-0.39, 0.29) is 5.97 Å². The summed E-state index contributed by atoms with van der Waals surface area (Å²) in [5, 5.41) is 1.98. The Morgan fingerprint density at radius 3 is 2.71 bits per heavy atom. The molecule has 0 saturated carbocycles. The third kappa shape index (κ3) is 3.65. The Hall–Kier alpha value is -2.60. The molecule has 6 heteroatoms. The minimum atomic E-state index is -0.336. The molecule has 0 spiro atoms. The molecule has 0 amide bonds. The quantitative estimate of drug-likeness (QED) is 0.618. The van der Waals surface area contributed by atoms with Gasteiger partial charge in [0.05, 0.1) is 17.0 Å². The number of rotatable bonds is 6. The largest absolute Gasteiger partial charge is 0.487 e. The molecule has 0 aliphatic rings. The first-order valence-corrected chi connectivity index (χ1v) is 8.45. The van der Waals surface area contributed by atoms with Crippen LogP contribution in [-0.2, 0) is 11.3 Å². The number of oxazole rings is 1. The standard InChI is InChI=1S/C18H17NO4S/c1-3-21-18(20)13-6-8-14(9-7-13)22-11-15-12(2)23-17(19-15)16-5-4-10-24-16/h4-10H,3,11H2,1-2H3. The van der Waals surface area contributed by atoms with Gasteiger partial charge >= 0.3 is 5.97 Å². The molecule has 0 aliphatic heterocycles. The van der Waals surface area contributed by atoms with Crippen molar-refractivity contribution in [3.63, 3.8) is 0 Å². The number of thiophene rings is 1. The molecule has 0 radical (unpaired) electrons. The van der Waals surface area contributed by atoms with Crippen molar-refractivity contribution >= 4 is 17.3 Å². The zero-order chi connectivity index (χ0) is 16.9. The Balaban J connectivity index is 1.65. The van der Waals surface area contributed by atoms with Crippen molar-refractivity contribution < 1.29 is 18.7 Å². The van der Waals surface area contributed by atoms with E-state index in [4.69, 9.17) is 13.9 Å². The first kappa shape index (κ1) is 16.3. The SMILES string of the molecule is CCOC(=O)c1ccc(OCc2nc(-c3cccs3)oc2C)cc1. The van der Waals surface area contributed by atoms with Crippen LogP contribution in [0.25, 0.3) is 10.8 Å². The van der Waals surface area contributed by atoms with Gasteiger partial charge in [-0.2, -0.15) is 0 Å². The summed E-state index contributed by atoms with van der Waals surface area (Å²) < 4.78 is 16.4. The molecule has 2 aromatic heterocycles. The summed E-state index contributed by atoms with van der Waals surface area (Å²) in [4.78, 5) is 17.1. The fraction of sp³-hybridized carbons (Fsp3) is 0.222. The van der Waals surface area contributed by atoms with Crippen LogP contribution < -0.4 is 4.74 Å². The van der Waals surface area contributed by atoms with Crippen molar-refractivity contribution in [2.45, 2.75) is 20.5 Å². The first-order chi connectivity index (χ1) is 11.7. The molecule has 3 rings (SSSR count). The van der Waals surface area contributed by atoms with E-state index in [0.717, 1.165) is 16.3 Å². The van der Waals surface area contributed by atoms with Gasteiger partial charge < -0.3 is 13.9 Å². The van der Waals surface area contributed by atoms with E-state index >= 15 is 0 Å². The molecular weight excluding hydrogens is 326 g/mol. The van der Waals surface area contributed by atoms with Crippen LogP contribution in [0.3, 0.4) is 0 Å². The van der Waals surface area contributed by atoms with E-state index in [2.05, 4.69) is 4.98 Å². The molecule has 0 atom stereocenters. The fourth-order valence-electron chi connectivity index (χ4n) is 2.12. The van der Waals surface area contributed by atoms with E-state index < -0.39 is 0 Å². The van der Waals surface area contributed by atoms with Crippen molar-refractivity contribution in [3.8, 4) is 16.5 Å². The lowest BCUT2D eigenvalue weighted by Gasteiger charge is -2.06. The predicted octanol–water partition coefficient (Wildman–Crippen LogP) is 4.47. The maximum absolute atomic E-state index is 11.6. The second-order valence-corrected chi connectivity index (χ2v) is 5.98. The Morgan fingerprint density at radius 1 is 1.25 bits per heavy atom. The molecule has 1 aromatic carbocycles. The summed E-state index contributed by atoms with van der Waals surface area (Å²) in [5.41, 5.74) is 1.26. The molecule has 0 fully saturated rings. The number of aryl methyl sites for hydroxylation is 1. The third-order valence-corrected chi connectivity index (χ3v) is 4.22. The number of nitrogens with zero attached hydrogens (tertiary/aromatic N) is 1. The highest BCUT2D eigenvalue weighted by atomic mass is 32.1. The molecule has 5 nitrogen and oxygen atoms in total. The number of aromatic nitrogens is 1. The molecule has 2 heterocycles. The summed E-state index contributed by atoms with van der Waals surface area (Å²) in [7, 11) is 0. The third-order valence-electron chi connectivity index (χ3n) is 3.37. The monoisotopic (exact) mass is 343 g/mol. The van der Waals surface area contributed by atoms with E-state index in [1.165, 1.54) is 0 Å². The number of benzene rings is 1. The average molecular weight is 343 g/mol. The number of carbonyl (C=O) groups is 1. The highest BCUT2D eigenvalue weighted by Gasteiger charge is 2.13. The van der Waals surface area contributed by atoms with E-state index in [0.29, 0.717) is 30.4 Å². The second-order valence-electron chi connectivity index (χ2n) is 5.03. The van der Waals surface area contributed by atoms with Crippen molar-refractivity contribution in [2.75, 3.05) is 6.61 Å². The van der Waals surface area contributed by atoms with Gasteiger partial charge in [-0.25, -0.2) is 9.78 Å². The fourth-order valence-corrected chi connectivity index (χ4v) is 2.77. The maximum Gasteiger partial charge on any atom is 0.338 e. The molecule has 3 aromatic rings. The number of hydrogen-bond acceptors (Lipinski definition) is 6. The normalized spacial score (nSPS) is 10.6. The van der Waals surface area contributed by atoms with Crippen LogP contribution in [0.2, 0.25) is 0 Å². The van der Waals surface area contributed by atoms with Gasteiger partial charge in [0, 0.05) is 0 Å². The van der Waals surface area contributed by atoms with Gasteiger partial charge in [0.2, 0.25) is 5.89 Å². The minimum Gasteiger partial charge on any atom is -0.487 e. The Kier molecular flexibility index (Phi) is 4.96. The van der Waals surface area contributed by atoms with Gasteiger partial charge in [-0.1, -0.05) is 6.07 Å². The molecule has 124 valence electrons. The van der Waals surface area contributed by atoms with Crippen LogP contribution >= 0.6 is 11.3 Å². The topological polar surface area (TPSA) is 61.6 Å². The summed E-state index contributed by atoms with van der Waals surface area (Å²) in [5.74, 6) is 1.67. The highest BCUT2D eigenvalue weighted by Crippen LogP contribution is 2.26. The smallest absolute Gasteiger partial charge is 0.338 e. The van der Waals surface area contributed by atoms with E-state index in [1.54, 1.807) is 42.5 Å². The first-order valence-electron chi connectivity index (χ1n) is 7.57. The average Bonchev–Trinajstić information content (AvgIpc) is 3.23. The zero-order valence-electron chi connectivity index (χ0n) is 13.4. The van der Waals surface area contributed by atoms with Crippen molar-refractivity contribution in [2.24, 2.45) is 0 Å². The van der Waals surface area contributed by atoms with Gasteiger partial charge in [0.15, 0.2) is 0 Å². The molecule has 0 unspecified atom stereocenters. The van der Waals surface area contributed by atoms with Crippen LogP contribution in [0.1, 0.15) is 28.7 Å². The zero-order valence-corrected chi connectivity index (χ0v) is 14.3. The summed E-state index contributed by atoms with van der Waals surface area (Å²) in [6.45, 7) is 4.31. The molecule has 0 aliphatic carbocycles. The summed E-state index contributed by atoms with van der Waals surface area (Å²) in [6.07, 6.45) is 0. The minimum absolute atomic E-state index is 0.305. The van der Waals surface area contributed by atoms with Gasteiger partial charge in [0.25, 0.3) is 0 Å². The van der Waals surface area contributed by atoms with Crippen LogP contribution in [-0.4, -0.2) is 17.6 Å². The lowest BCUT2D eigenvalue weighted by molar-refractivity contribution is 0.0526. The summed E-state index contributed by atoms with van der Waals surface area (Å²) >= 11 is 1.58. The van der Waals surface area contributed by atoms with Crippen molar-refractivity contribution in [3.05, 3.63) is 58.8 Å². The van der Waals surface area contributed by atoms with Crippen LogP contribution in [0.5, 0.6) is 5.75 Å². The molecular formula is C18H17NO4S.